The Hall–Kier alpha value is -1.57. The first kappa shape index (κ1) is 15.0. The van der Waals surface area contributed by atoms with Crippen LogP contribution in [0.15, 0.2) is 18.6 Å². The maximum absolute atomic E-state index is 12.4. The lowest BCUT2D eigenvalue weighted by atomic mass is 10.00. The predicted molar refractivity (Wildman–Crippen MR) is 82.0 cm³/mol. The molecule has 7 heteroatoms. The largest absolute Gasteiger partial charge is 0.380 e. The molecule has 0 bridgehead atoms. The van der Waals surface area contributed by atoms with Crippen LogP contribution in [0.2, 0.25) is 0 Å². The van der Waals surface area contributed by atoms with Crippen molar-refractivity contribution in [2.45, 2.75) is 43.5 Å². The van der Waals surface area contributed by atoms with Crippen molar-refractivity contribution in [3.63, 3.8) is 0 Å². The molecule has 1 amide bonds. The Morgan fingerprint density at radius 1 is 1.30 bits per heavy atom. The van der Waals surface area contributed by atoms with Gasteiger partial charge in [0.05, 0.1) is 24.9 Å². The molecule has 4 atom stereocenters. The van der Waals surface area contributed by atoms with Crippen LogP contribution in [0.1, 0.15) is 29.8 Å². The number of hydrogen-bond acceptors (Lipinski definition) is 6. The van der Waals surface area contributed by atoms with Crippen LogP contribution in [0.4, 0.5) is 0 Å². The lowest BCUT2D eigenvalue weighted by molar-refractivity contribution is -0.0270. The molecular formula is C16H22N4O3. The van der Waals surface area contributed by atoms with E-state index in [0.717, 1.165) is 45.6 Å². The van der Waals surface area contributed by atoms with Gasteiger partial charge in [-0.3, -0.25) is 14.7 Å². The maximum atomic E-state index is 12.4. The average molecular weight is 318 g/mol. The SMILES string of the molecule is O=C(N[C@H]1CN(C2CCOC2)[C@@H]2CCCO[C@H]12)c1cnccn1. The molecule has 0 spiro atoms. The summed E-state index contributed by atoms with van der Waals surface area (Å²) in [5, 5.41) is 3.10. The first-order valence-corrected chi connectivity index (χ1v) is 8.35. The van der Waals surface area contributed by atoms with E-state index in [0.29, 0.717) is 17.8 Å². The van der Waals surface area contributed by atoms with Crippen molar-refractivity contribution in [2.24, 2.45) is 0 Å². The van der Waals surface area contributed by atoms with Crippen molar-refractivity contribution >= 4 is 5.91 Å². The molecule has 0 aliphatic carbocycles. The number of ether oxygens (including phenoxy) is 2. The topological polar surface area (TPSA) is 76.6 Å². The van der Waals surface area contributed by atoms with Crippen molar-refractivity contribution in [2.75, 3.05) is 26.4 Å². The Bertz CT molecular complexity index is 550. The highest BCUT2D eigenvalue weighted by Gasteiger charge is 2.47. The third-order valence-electron chi connectivity index (χ3n) is 5.05. The van der Waals surface area contributed by atoms with Gasteiger partial charge in [0, 0.05) is 44.2 Å². The molecule has 7 nitrogen and oxygen atoms in total. The summed E-state index contributed by atoms with van der Waals surface area (Å²) in [6.07, 6.45) is 7.92. The number of amides is 1. The molecular weight excluding hydrogens is 296 g/mol. The fourth-order valence-corrected chi connectivity index (χ4v) is 3.98. The van der Waals surface area contributed by atoms with Crippen LogP contribution < -0.4 is 5.32 Å². The molecule has 3 aliphatic rings. The third-order valence-corrected chi connectivity index (χ3v) is 5.05. The number of nitrogens with zero attached hydrogens (tertiary/aromatic N) is 3. The summed E-state index contributed by atoms with van der Waals surface area (Å²) >= 11 is 0. The summed E-state index contributed by atoms with van der Waals surface area (Å²) in [4.78, 5) is 22.9. The molecule has 1 N–H and O–H groups in total. The molecule has 3 saturated heterocycles. The van der Waals surface area contributed by atoms with Crippen molar-refractivity contribution < 1.29 is 14.3 Å². The standard InChI is InChI=1S/C16H22N4O3/c21-16(12-8-17-4-5-18-12)19-13-9-20(11-3-7-22-10-11)14-2-1-6-23-15(13)14/h4-5,8,11,13-15H,1-3,6-7,9-10H2,(H,19,21)/t11?,13-,14+,15+/m0/s1. The number of likely N-dealkylation sites (tertiary alicyclic amines) is 1. The fourth-order valence-electron chi connectivity index (χ4n) is 3.98. The highest BCUT2D eigenvalue weighted by atomic mass is 16.5. The van der Waals surface area contributed by atoms with E-state index in [9.17, 15) is 4.79 Å². The number of carbonyl (C=O) groups excluding carboxylic acids is 1. The van der Waals surface area contributed by atoms with Crippen LogP contribution in [0, 0.1) is 0 Å². The van der Waals surface area contributed by atoms with Gasteiger partial charge in [-0.25, -0.2) is 4.98 Å². The van der Waals surface area contributed by atoms with Gasteiger partial charge in [-0.1, -0.05) is 0 Å². The summed E-state index contributed by atoms with van der Waals surface area (Å²) < 4.78 is 11.6. The molecule has 0 saturated carbocycles. The van der Waals surface area contributed by atoms with Crippen LogP contribution in [0.3, 0.4) is 0 Å². The first-order chi connectivity index (χ1) is 11.3. The van der Waals surface area contributed by atoms with E-state index >= 15 is 0 Å². The highest BCUT2D eigenvalue weighted by molar-refractivity contribution is 5.92. The van der Waals surface area contributed by atoms with Gasteiger partial charge in [0.1, 0.15) is 5.69 Å². The van der Waals surface area contributed by atoms with Gasteiger partial charge in [-0.15, -0.1) is 0 Å². The van der Waals surface area contributed by atoms with E-state index in [2.05, 4.69) is 20.2 Å². The lowest BCUT2D eigenvalue weighted by Gasteiger charge is -2.34. The quantitative estimate of drug-likeness (QED) is 0.859. The van der Waals surface area contributed by atoms with Crippen molar-refractivity contribution in [3.05, 3.63) is 24.3 Å². The molecule has 124 valence electrons. The van der Waals surface area contributed by atoms with Crippen LogP contribution in [-0.2, 0) is 9.47 Å². The van der Waals surface area contributed by atoms with Crippen molar-refractivity contribution in [3.8, 4) is 0 Å². The van der Waals surface area contributed by atoms with E-state index in [1.165, 1.54) is 12.4 Å². The molecule has 0 radical (unpaired) electrons. The molecule has 1 unspecified atom stereocenters. The molecule has 23 heavy (non-hydrogen) atoms. The minimum Gasteiger partial charge on any atom is -0.380 e. The van der Waals surface area contributed by atoms with Crippen LogP contribution >= 0.6 is 0 Å². The Labute approximate surface area is 135 Å². The van der Waals surface area contributed by atoms with E-state index in [-0.39, 0.29) is 18.1 Å². The Kier molecular flexibility index (Phi) is 4.24. The molecule has 4 rings (SSSR count). The molecule has 3 fully saturated rings. The van der Waals surface area contributed by atoms with Crippen LogP contribution in [0.5, 0.6) is 0 Å². The van der Waals surface area contributed by atoms with E-state index < -0.39 is 0 Å². The first-order valence-electron chi connectivity index (χ1n) is 8.35. The Morgan fingerprint density at radius 3 is 3.04 bits per heavy atom. The molecule has 4 heterocycles. The van der Waals surface area contributed by atoms with E-state index in [4.69, 9.17) is 9.47 Å². The van der Waals surface area contributed by atoms with Crippen LogP contribution in [-0.4, -0.2) is 71.4 Å². The van der Waals surface area contributed by atoms with E-state index in [1.54, 1.807) is 6.20 Å². The van der Waals surface area contributed by atoms with Gasteiger partial charge >= 0.3 is 0 Å². The zero-order valence-corrected chi connectivity index (χ0v) is 13.1. The monoisotopic (exact) mass is 318 g/mol. The Morgan fingerprint density at radius 2 is 2.26 bits per heavy atom. The van der Waals surface area contributed by atoms with Gasteiger partial charge in [0.2, 0.25) is 0 Å². The van der Waals surface area contributed by atoms with Gasteiger partial charge < -0.3 is 14.8 Å². The Balaban J connectivity index is 1.48. The number of nitrogens with one attached hydrogen (secondary N) is 1. The number of carbonyl (C=O) groups is 1. The lowest BCUT2D eigenvalue weighted by Crippen LogP contribution is -2.48. The molecule has 3 aliphatic heterocycles. The minimum atomic E-state index is -0.180. The smallest absolute Gasteiger partial charge is 0.271 e. The number of rotatable bonds is 3. The highest BCUT2D eigenvalue weighted by Crippen LogP contribution is 2.32. The number of aromatic nitrogens is 2. The van der Waals surface area contributed by atoms with Gasteiger partial charge in [0.25, 0.3) is 5.91 Å². The normalized spacial score (nSPS) is 34.3. The summed E-state index contributed by atoms with van der Waals surface area (Å²) in [6.45, 7) is 3.20. The summed E-state index contributed by atoms with van der Waals surface area (Å²) in [5.41, 5.74) is 0.350. The maximum Gasteiger partial charge on any atom is 0.271 e. The molecule has 1 aromatic heterocycles. The van der Waals surface area contributed by atoms with Gasteiger partial charge in [-0.05, 0) is 19.3 Å². The molecule has 1 aromatic rings. The number of hydrogen-bond donors (Lipinski definition) is 1. The predicted octanol–water partition coefficient (Wildman–Crippen LogP) is 0.227. The van der Waals surface area contributed by atoms with Gasteiger partial charge in [-0.2, -0.15) is 0 Å². The van der Waals surface area contributed by atoms with E-state index in [1.807, 2.05) is 0 Å². The average Bonchev–Trinajstić information content (AvgIpc) is 3.24. The zero-order valence-electron chi connectivity index (χ0n) is 13.1. The van der Waals surface area contributed by atoms with Crippen molar-refractivity contribution in [1.82, 2.24) is 20.2 Å². The van der Waals surface area contributed by atoms with Gasteiger partial charge in [0.15, 0.2) is 0 Å². The fraction of sp³-hybridized carbons (Fsp3) is 0.688. The third kappa shape index (κ3) is 2.96. The summed E-state index contributed by atoms with van der Waals surface area (Å²) in [5.74, 6) is -0.180. The second-order valence-electron chi connectivity index (χ2n) is 6.43. The van der Waals surface area contributed by atoms with Crippen molar-refractivity contribution in [1.29, 1.82) is 0 Å². The second-order valence-corrected chi connectivity index (χ2v) is 6.43. The second kappa shape index (κ2) is 6.51. The van der Waals surface area contributed by atoms with Crippen LogP contribution in [0.25, 0.3) is 0 Å². The molecule has 0 aromatic carbocycles. The minimum absolute atomic E-state index is 0.00425. The summed E-state index contributed by atoms with van der Waals surface area (Å²) in [6, 6.07) is 0.820. The summed E-state index contributed by atoms with van der Waals surface area (Å²) in [7, 11) is 0. The number of fused-ring (bicyclic) bond motifs is 1. The zero-order chi connectivity index (χ0) is 15.6.